The highest BCUT2D eigenvalue weighted by molar-refractivity contribution is 5.41. The maximum atomic E-state index is 5.33. The van der Waals surface area contributed by atoms with Crippen molar-refractivity contribution < 1.29 is 4.74 Å². The molecule has 0 unspecified atom stereocenters. The summed E-state index contributed by atoms with van der Waals surface area (Å²) in [6.07, 6.45) is 10.9. The zero-order valence-electron chi connectivity index (χ0n) is 11.2. The van der Waals surface area contributed by atoms with Crippen LogP contribution in [0.5, 0.6) is 5.75 Å². The van der Waals surface area contributed by atoms with Crippen LogP contribution in [0.1, 0.15) is 74.3 Å². The molecule has 3 rings (SSSR count). The van der Waals surface area contributed by atoms with Gasteiger partial charge in [0.1, 0.15) is 12.9 Å². The van der Waals surface area contributed by atoms with Gasteiger partial charge in [0.2, 0.25) is 0 Å². The summed E-state index contributed by atoms with van der Waals surface area (Å²) in [5, 5.41) is 0. The second kappa shape index (κ2) is 5.34. The van der Waals surface area contributed by atoms with Crippen molar-refractivity contribution in [3.63, 3.8) is 0 Å². The molecule has 1 heteroatoms. The van der Waals surface area contributed by atoms with E-state index in [1.54, 1.807) is 0 Å². The standard InChI is InChI=1S/C17H23O/c1-18-17-11-10-15(13-6-2-3-7-13)12-16(17)14-8-4-5-9-14/h10-14H,1-9H2. The predicted octanol–water partition coefficient (Wildman–Crippen LogP) is 5.17. The van der Waals surface area contributed by atoms with Crippen LogP contribution in [-0.2, 0) is 0 Å². The molecule has 0 amide bonds. The lowest BCUT2D eigenvalue weighted by Gasteiger charge is -2.18. The van der Waals surface area contributed by atoms with E-state index in [4.69, 9.17) is 4.74 Å². The molecule has 0 atom stereocenters. The maximum absolute atomic E-state index is 5.33. The molecule has 1 aromatic rings. The molecule has 2 saturated carbocycles. The van der Waals surface area contributed by atoms with E-state index < -0.39 is 0 Å². The first-order valence-electron chi connectivity index (χ1n) is 7.44. The lowest BCUT2D eigenvalue weighted by atomic mass is 9.90. The van der Waals surface area contributed by atoms with E-state index in [-0.39, 0.29) is 0 Å². The first-order valence-corrected chi connectivity index (χ1v) is 7.44. The van der Waals surface area contributed by atoms with Gasteiger partial charge in [0.05, 0.1) is 0 Å². The van der Waals surface area contributed by atoms with Crippen LogP contribution in [0.4, 0.5) is 0 Å². The van der Waals surface area contributed by atoms with E-state index in [1.807, 2.05) is 0 Å². The van der Waals surface area contributed by atoms with Crippen LogP contribution in [0.2, 0.25) is 0 Å². The van der Waals surface area contributed by atoms with Crippen LogP contribution in [-0.4, -0.2) is 0 Å². The molecular weight excluding hydrogens is 220 g/mol. The molecule has 97 valence electrons. The largest absolute Gasteiger partial charge is 0.490 e. The van der Waals surface area contributed by atoms with Crippen LogP contribution < -0.4 is 4.74 Å². The van der Waals surface area contributed by atoms with Crippen LogP contribution in [0.15, 0.2) is 18.2 Å². The second-order valence-corrected chi connectivity index (χ2v) is 5.90. The van der Waals surface area contributed by atoms with Gasteiger partial charge in [0.15, 0.2) is 0 Å². The molecule has 0 saturated heterocycles. The van der Waals surface area contributed by atoms with Crippen molar-refractivity contribution in [3.8, 4) is 5.75 Å². The van der Waals surface area contributed by atoms with Crippen molar-refractivity contribution in [2.24, 2.45) is 0 Å². The quantitative estimate of drug-likeness (QED) is 0.711. The van der Waals surface area contributed by atoms with Gasteiger partial charge < -0.3 is 4.74 Å². The topological polar surface area (TPSA) is 9.23 Å². The summed E-state index contributed by atoms with van der Waals surface area (Å²) in [5.74, 6) is 2.51. The summed E-state index contributed by atoms with van der Waals surface area (Å²) in [6, 6.07) is 6.83. The molecule has 0 heterocycles. The van der Waals surface area contributed by atoms with Gasteiger partial charge in [0, 0.05) is 0 Å². The summed E-state index contributed by atoms with van der Waals surface area (Å²) < 4.78 is 5.33. The Morgan fingerprint density at radius 3 is 2.11 bits per heavy atom. The van der Waals surface area contributed by atoms with Gasteiger partial charge in [-0.15, -0.1) is 0 Å². The molecule has 0 bridgehead atoms. The molecular formula is C17H23O. The molecule has 0 aromatic heterocycles. The van der Waals surface area contributed by atoms with E-state index in [0.717, 1.165) is 11.7 Å². The molecule has 2 aliphatic rings. The summed E-state index contributed by atoms with van der Waals surface area (Å²) in [6.45, 7) is 0. The highest BCUT2D eigenvalue weighted by atomic mass is 16.5. The third-order valence-electron chi connectivity index (χ3n) is 4.81. The van der Waals surface area contributed by atoms with E-state index in [2.05, 4.69) is 25.3 Å². The summed E-state index contributed by atoms with van der Waals surface area (Å²) in [7, 11) is 3.62. The Labute approximate surface area is 111 Å². The minimum atomic E-state index is 0.711. The first kappa shape index (κ1) is 12.1. The molecule has 1 aromatic carbocycles. The molecule has 18 heavy (non-hydrogen) atoms. The van der Waals surface area contributed by atoms with Gasteiger partial charge in [-0.25, -0.2) is 0 Å². The SMILES string of the molecule is [CH2]Oc1ccc(C2CCCC2)cc1C1CCCC1. The van der Waals surface area contributed by atoms with Gasteiger partial charge in [-0.3, -0.25) is 0 Å². The highest BCUT2D eigenvalue weighted by Crippen LogP contribution is 2.42. The molecule has 1 nitrogen and oxygen atoms in total. The van der Waals surface area contributed by atoms with Crippen LogP contribution >= 0.6 is 0 Å². The van der Waals surface area contributed by atoms with E-state index in [1.165, 1.54) is 62.5 Å². The zero-order valence-corrected chi connectivity index (χ0v) is 11.2. The number of benzene rings is 1. The zero-order chi connectivity index (χ0) is 12.4. The van der Waals surface area contributed by atoms with Crippen molar-refractivity contribution in [2.75, 3.05) is 0 Å². The van der Waals surface area contributed by atoms with Gasteiger partial charge in [-0.05, 0) is 54.7 Å². The normalized spacial score (nSPS) is 21.6. The molecule has 0 aliphatic heterocycles. The molecule has 0 spiro atoms. The van der Waals surface area contributed by atoms with Crippen molar-refractivity contribution in [1.82, 2.24) is 0 Å². The average Bonchev–Trinajstić information content (AvgIpc) is 3.11. The minimum Gasteiger partial charge on any atom is -0.490 e. The Kier molecular flexibility index (Phi) is 3.58. The number of hydrogen-bond acceptors (Lipinski definition) is 1. The van der Waals surface area contributed by atoms with Crippen molar-refractivity contribution in [2.45, 2.75) is 63.2 Å². The Morgan fingerprint density at radius 2 is 1.50 bits per heavy atom. The highest BCUT2D eigenvalue weighted by Gasteiger charge is 2.23. The lowest BCUT2D eigenvalue weighted by molar-refractivity contribution is 0.459. The maximum Gasteiger partial charge on any atom is 0.122 e. The van der Waals surface area contributed by atoms with E-state index in [0.29, 0.717) is 5.92 Å². The first-order chi connectivity index (χ1) is 8.88. The Balaban J connectivity index is 1.90. The number of ether oxygens (including phenoxy) is 1. The van der Waals surface area contributed by atoms with Crippen LogP contribution in [0.3, 0.4) is 0 Å². The summed E-state index contributed by atoms with van der Waals surface area (Å²) >= 11 is 0. The molecule has 1 radical (unpaired) electrons. The predicted molar refractivity (Wildman–Crippen MR) is 74.8 cm³/mol. The monoisotopic (exact) mass is 243 g/mol. The molecule has 2 aliphatic carbocycles. The van der Waals surface area contributed by atoms with Crippen molar-refractivity contribution in [1.29, 1.82) is 0 Å². The summed E-state index contributed by atoms with van der Waals surface area (Å²) in [4.78, 5) is 0. The van der Waals surface area contributed by atoms with Gasteiger partial charge in [0.25, 0.3) is 0 Å². The molecule has 2 fully saturated rings. The fraction of sp³-hybridized carbons (Fsp3) is 0.588. The van der Waals surface area contributed by atoms with Gasteiger partial charge in [-0.1, -0.05) is 37.8 Å². The van der Waals surface area contributed by atoms with Crippen molar-refractivity contribution in [3.05, 3.63) is 36.4 Å². The van der Waals surface area contributed by atoms with E-state index in [9.17, 15) is 0 Å². The Bertz CT molecular complexity index is 398. The fourth-order valence-electron chi connectivity index (χ4n) is 3.77. The summed E-state index contributed by atoms with van der Waals surface area (Å²) in [5.41, 5.74) is 2.96. The molecule has 0 N–H and O–H groups in total. The van der Waals surface area contributed by atoms with Crippen molar-refractivity contribution >= 4 is 0 Å². The van der Waals surface area contributed by atoms with Gasteiger partial charge >= 0.3 is 0 Å². The fourth-order valence-corrected chi connectivity index (χ4v) is 3.77. The number of rotatable bonds is 3. The minimum absolute atomic E-state index is 0.711. The Hall–Kier alpha value is -0.980. The van der Waals surface area contributed by atoms with E-state index >= 15 is 0 Å². The third kappa shape index (κ3) is 2.28. The van der Waals surface area contributed by atoms with Crippen LogP contribution in [0, 0.1) is 7.11 Å². The van der Waals surface area contributed by atoms with Gasteiger partial charge in [-0.2, -0.15) is 0 Å². The Morgan fingerprint density at radius 1 is 0.889 bits per heavy atom. The number of hydrogen-bond donors (Lipinski definition) is 0. The average molecular weight is 243 g/mol. The third-order valence-corrected chi connectivity index (χ3v) is 4.81. The van der Waals surface area contributed by atoms with Crippen LogP contribution in [0.25, 0.3) is 0 Å². The lowest BCUT2D eigenvalue weighted by Crippen LogP contribution is -2.00. The second-order valence-electron chi connectivity index (χ2n) is 5.90. The smallest absolute Gasteiger partial charge is 0.122 e.